The van der Waals surface area contributed by atoms with Crippen LogP contribution in [0, 0.1) is 27.7 Å². The van der Waals surface area contributed by atoms with Crippen molar-refractivity contribution in [3.8, 4) is 0 Å². The molecule has 3 aromatic carbocycles. The molecule has 33 heavy (non-hydrogen) atoms. The van der Waals surface area contributed by atoms with Crippen molar-refractivity contribution in [2.24, 2.45) is 0 Å². The molecule has 4 heteroatoms. The minimum Gasteiger partial charge on any atom is -0.350 e. The van der Waals surface area contributed by atoms with Crippen molar-refractivity contribution in [2.45, 2.75) is 47.5 Å². The van der Waals surface area contributed by atoms with Gasteiger partial charge >= 0.3 is 0 Å². The molecule has 0 atom stereocenters. The zero-order valence-electron chi connectivity index (χ0n) is 20.1. The van der Waals surface area contributed by atoms with Crippen LogP contribution in [0.5, 0.6) is 0 Å². The van der Waals surface area contributed by atoms with Gasteiger partial charge in [-0.25, -0.2) is 4.90 Å². The smallest absolute Gasteiger partial charge is 0.282 e. The topological polar surface area (TPSA) is 49.4 Å². The van der Waals surface area contributed by atoms with Gasteiger partial charge in [-0.2, -0.15) is 0 Å². The van der Waals surface area contributed by atoms with Crippen LogP contribution in [0.3, 0.4) is 0 Å². The normalized spacial score (nSPS) is 14.0. The number of aryl methyl sites for hydroxylation is 4. The fourth-order valence-corrected chi connectivity index (χ4v) is 4.06. The second kappa shape index (κ2) is 8.70. The number of benzene rings is 3. The summed E-state index contributed by atoms with van der Waals surface area (Å²) in [6.07, 6.45) is 0. The van der Waals surface area contributed by atoms with Crippen LogP contribution in [0.15, 0.2) is 66.4 Å². The van der Waals surface area contributed by atoms with E-state index < -0.39 is 0 Å². The lowest BCUT2D eigenvalue weighted by Crippen LogP contribution is -2.32. The number of imide groups is 1. The maximum Gasteiger partial charge on any atom is 0.282 e. The Labute approximate surface area is 195 Å². The van der Waals surface area contributed by atoms with E-state index >= 15 is 0 Å². The van der Waals surface area contributed by atoms with E-state index in [1.165, 1.54) is 4.90 Å². The second-order valence-electron chi connectivity index (χ2n) is 9.18. The first-order valence-corrected chi connectivity index (χ1v) is 11.3. The van der Waals surface area contributed by atoms with Gasteiger partial charge < -0.3 is 5.32 Å². The third-order valence-corrected chi connectivity index (χ3v) is 6.35. The Hall–Kier alpha value is -3.66. The summed E-state index contributed by atoms with van der Waals surface area (Å²) in [6, 6.07) is 19.6. The highest BCUT2D eigenvalue weighted by molar-refractivity contribution is 6.46. The molecule has 1 heterocycles. The lowest BCUT2D eigenvalue weighted by atomic mass is 9.99. The standard InChI is InChI=1S/C29H30N2O2/c1-17(2)22-11-13-24(14-12-22)31-28(32)26(23-10-9-19(4)21(6)16-23)27(29(31)33)30-25-15-18(3)7-8-20(25)5/h7-17,30H,1-6H3. The molecular weight excluding hydrogens is 408 g/mol. The van der Waals surface area contributed by atoms with Crippen LogP contribution in [0.4, 0.5) is 11.4 Å². The summed E-state index contributed by atoms with van der Waals surface area (Å²) in [6.45, 7) is 12.3. The fourth-order valence-electron chi connectivity index (χ4n) is 4.06. The Morgan fingerprint density at radius 2 is 1.39 bits per heavy atom. The number of hydrogen-bond donors (Lipinski definition) is 1. The summed E-state index contributed by atoms with van der Waals surface area (Å²) in [5.74, 6) is -0.283. The van der Waals surface area contributed by atoms with Gasteiger partial charge in [0.15, 0.2) is 0 Å². The molecule has 3 aromatic rings. The number of amides is 2. The fraction of sp³-hybridized carbons (Fsp3) is 0.241. The van der Waals surface area contributed by atoms with Crippen LogP contribution in [0.25, 0.3) is 5.57 Å². The van der Waals surface area contributed by atoms with Crippen LogP contribution >= 0.6 is 0 Å². The number of anilines is 2. The summed E-state index contributed by atoms with van der Waals surface area (Å²) in [7, 11) is 0. The molecular formula is C29H30N2O2. The molecule has 0 aliphatic carbocycles. The zero-order chi connectivity index (χ0) is 23.9. The van der Waals surface area contributed by atoms with Crippen molar-refractivity contribution in [1.82, 2.24) is 0 Å². The van der Waals surface area contributed by atoms with Crippen LogP contribution in [0.1, 0.15) is 53.1 Å². The third-order valence-electron chi connectivity index (χ3n) is 6.35. The van der Waals surface area contributed by atoms with E-state index in [1.54, 1.807) is 0 Å². The SMILES string of the molecule is Cc1ccc(C)c(NC2=C(c3ccc(C)c(C)c3)C(=O)N(c3ccc(C(C)C)cc3)C2=O)c1. The molecule has 0 aromatic heterocycles. The van der Waals surface area contributed by atoms with Gasteiger partial charge in [0.1, 0.15) is 5.70 Å². The largest absolute Gasteiger partial charge is 0.350 e. The number of rotatable bonds is 5. The lowest BCUT2D eigenvalue weighted by molar-refractivity contribution is -0.120. The monoisotopic (exact) mass is 438 g/mol. The van der Waals surface area contributed by atoms with Crippen molar-refractivity contribution in [3.05, 3.63) is 99.7 Å². The summed E-state index contributed by atoms with van der Waals surface area (Å²) >= 11 is 0. The molecule has 0 fully saturated rings. The Morgan fingerprint density at radius 3 is 2.03 bits per heavy atom. The van der Waals surface area contributed by atoms with Crippen LogP contribution in [-0.4, -0.2) is 11.8 Å². The van der Waals surface area contributed by atoms with Crippen molar-refractivity contribution >= 4 is 28.8 Å². The van der Waals surface area contributed by atoms with E-state index in [4.69, 9.17) is 0 Å². The molecule has 4 nitrogen and oxygen atoms in total. The summed E-state index contributed by atoms with van der Waals surface area (Å²) in [4.78, 5) is 28.6. The van der Waals surface area contributed by atoms with Gasteiger partial charge in [0.25, 0.3) is 11.8 Å². The highest BCUT2D eigenvalue weighted by atomic mass is 16.2. The van der Waals surface area contributed by atoms with Crippen LogP contribution in [0.2, 0.25) is 0 Å². The molecule has 2 amide bonds. The van der Waals surface area contributed by atoms with Crippen molar-refractivity contribution < 1.29 is 9.59 Å². The number of carbonyl (C=O) groups excluding carboxylic acids is 2. The van der Waals surface area contributed by atoms with Gasteiger partial charge in [0.2, 0.25) is 0 Å². The van der Waals surface area contributed by atoms with Gasteiger partial charge in [0, 0.05) is 5.69 Å². The highest BCUT2D eigenvalue weighted by Gasteiger charge is 2.40. The zero-order valence-corrected chi connectivity index (χ0v) is 20.1. The summed E-state index contributed by atoms with van der Waals surface area (Å²) in [5.41, 5.74) is 8.31. The first-order chi connectivity index (χ1) is 15.7. The van der Waals surface area contributed by atoms with E-state index in [1.807, 2.05) is 88.4 Å². The quantitative estimate of drug-likeness (QED) is 0.466. The Bertz CT molecular complexity index is 1280. The molecule has 1 N–H and O–H groups in total. The van der Waals surface area contributed by atoms with E-state index in [0.717, 1.165) is 39.1 Å². The predicted molar refractivity (Wildman–Crippen MR) is 135 cm³/mol. The highest BCUT2D eigenvalue weighted by Crippen LogP contribution is 2.35. The van der Waals surface area contributed by atoms with E-state index in [9.17, 15) is 9.59 Å². The predicted octanol–water partition coefficient (Wildman–Crippen LogP) is 6.44. The van der Waals surface area contributed by atoms with Crippen LogP contribution in [-0.2, 0) is 9.59 Å². The molecule has 1 aliphatic rings. The van der Waals surface area contributed by atoms with Crippen molar-refractivity contribution in [2.75, 3.05) is 10.2 Å². The number of nitrogens with zero attached hydrogens (tertiary/aromatic N) is 1. The van der Waals surface area contributed by atoms with E-state index in [0.29, 0.717) is 22.9 Å². The minimum atomic E-state index is -0.341. The number of carbonyl (C=O) groups is 2. The molecule has 0 radical (unpaired) electrons. The molecule has 4 rings (SSSR count). The average molecular weight is 439 g/mol. The minimum absolute atomic E-state index is 0.310. The second-order valence-corrected chi connectivity index (χ2v) is 9.18. The Morgan fingerprint density at radius 1 is 0.727 bits per heavy atom. The summed E-state index contributed by atoms with van der Waals surface area (Å²) in [5, 5.41) is 3.31. The van der Waals surface area contributed by atoms with Gasteiger partial charge in [0.05, 0.1) is 11.3 Å². The molecule has 0 unspecified atom stereocenters. The molecule has 1 aliphatic heterocycles. The van der Waals surface area contributed by atoms with Gasteiger partial charge in [-0.05, 0) is 85.2 Å². The van der Waals surface area contributed by atoms with Gasteiger partial charge in [-0.3, -0.25) is 9.59 Å². The number of hydrogen-bond acceptors (Lipinski definition) is 3. The molecule has 0 spiro atoms. The average Bonchev–Trinajstić information content (AvgIpc) is 3.02. The Balaban J connectivity index is 1.83. The van der Waals surface area contributed by atoms with Gasteiger partial charge in [-0.15, -0.1) is 0 Å². The summed E-state index contributed by atoms with van der Waals surface area (Å²) < 4.78 is 0. The van der Waals surface area contributed by atoms with Crippen molar-refractivity contribution in [3.63, 3.8) is 0 Å². The first kappa shape index (κ1) is 22.5. The molecule has 0 saturated heterocycles. The Kier molecular flexibility index (Phi) is 5.94. The first-order valence-electron chi connectivity index (χ1n) is 11.3. The maximum absolute atomic E-state index is 13.7. The lowest BCUT2D eigenvalue weighted by Gasteiger charge is -2.17. The van der Waals surface area contributed by atoms with E-state index in [-0.39, 0.29) is 11.8 Å². The van der Waals surface area contributed by atoms with Crippen molar-refractivity contribution in [1.29, 1.82) is 0 Å². The van der Waals surface area contributed by atoms with Crippen LogP contribution < -0.4 is 10.2 Å². The maximum atomic E-state index is 13.7. The van der Waals surface area contributed by atoms with Gasteiger partial charge in [-0.1, -0.05) is 56.3 Å². The van der Waals surface area contributed by atoms with E-state index in [2.05, 4.69) is 19.2 Å². The number of nitrogens with one attached hydrogen (secondary N) is 1. The molecule has 168 valence electrons. The molecule has 0 saturated carbocycles. The third kappa shape index (κ3) is 4.21. The molecule has 0 bridgehead atoms.